The Balaban J connectivity index is 1.88. The van der Waals surface area contributed by atoms with E-state index in [9.17, 15) is 14.9 Å². The molecule has 19 heavy (non-hydrogen) atoms. The first-order valence-corrected chi connectivity index (χ1v) is 6.16. The summed E-state index contributed by atoms with van der Waals surface area (Å²) >= 11 is 0. The molecule has 0 radical (unpaired) electrons. The summed E-state index contributed by atoms with van der Waals surface area (Å²) in [5.41, 5.74) is -0.0415. The molecule has 102 valence electrons. The molecule has 2 N–H and O–H groups in total. The Hall–Kier alpha value is -2.18. The van der Waals surface area contributed by atoms with Gasteiger partial charge in [0.1, 0.15) is 12.0 Å². The third-order valence-corrected chi connectivity index (χ3v) is 3.39. The molecular weight excluding hydrogens is 250 g/mol. The lowest BCUT2D eigenvalue weighted by atomic mass is 9.86. The molecule has 7 heteroatoms. The number of nitro groups is 1. The summed E-state index contributed by atoms with van der Waals surface area (Å²) in [4.78, 5) is 24.8. The molecule has 0 saturated heterocycles. The highest BCUT2D eigenvalue weighted by atomic mass is 16.6. The summed E-state index contributed by atoms with van der Waals surface area (Å²) in [6, 6.07) is 3.16. The molecule has 1 aliphatic rings. The number of anilines is 1. The quantitative estimate of drug-likeness (QED) is 0.637. The van der Waals surface area contributed by atoms with Gasteiger partial charge in [0.2, 0.25) is 0 Å². The van der Waals surface area contributed by atoms with Gasteiger partial charge in [-0.05, 0) is 31.7 Å². The fourth-order valence-electron chi connectivity index (χ4n) is 2.27. The van der Waals surface area contributed by atoms with E-state index in [0.717, 1.165) is 12.8 Å². The Labute approximate surface area is 109 Å². The fraction of sp³-hybridized carbons (Fsp3) is 0.500. The van der Waals surface area contributed by atoms with Crippen molar-refractivity contribution in [2.45, 2.75) is 31.7 Å². The summed E-state index contributed by atoms with van der Waals surface area (Å²) in [6.45, 7) is 0. The molecule has 7 nitrogen and oxygen atoms in total. The SMILES string of the molecule is O=C(O)C1CCC(Nc2ccc([N+](=O)[O-])cn2)CC1. The Morgan fingerprint density at radius 2 is 2.05 bits per heavy atom. The number of hydrogen-bond acceptors (Lipinski definition) is 5. The van der Waals surface area contributed by atoms with E-state index in [0.29, 0.717) is 18.7 Å². The Morgan fingerprint density at radius 3 is 2.53 bits per heavy atom. The molecule has 1 aromatic heterocycles. The number of carbonyl (C=O) groups is 1. The van der Waals surface area contributed by atoms with Crippen LogP contribution in [0.4, 0.5) is 11.5 Å². The van der Waals surface area contributed by atoms with Crippen LogP contribution >= 0.6 is 0 Å². The van der Waals surface area contributed by atoms with Gasteiger partial charge in [-0.15, -0.1) is 0 Å². The standard InChI is InChI=1S/C12H15N3O4/c16-12(17)8-1-3-9(4-2-8)14-11-6-5-10(7-13-11)15(18)19/h5-9H,1-4H2,(H,13,14)(H,16,17). The molecular formula is C12H15N3O4. The monoisotopic (exact) mass is 265 g/mol. The third-order valence-electron chi connectivity index (χ3n) is 3.39. The molecule has 1 aliphatic carbocycles. The Morgan fingerprint density at radius 1 is 1.37 bits per heavy atom. The van der Waals surface area contributed by atoms with Crippen molar-refractivity contribution in [3.63, 3.8) is 0 Å². The lowest BCUT2D eigenvalue weighted by molar-refractivity contribution is -0.385. The van der Waals surface area contributed by atoms with E-state index in [1.54, 1.807) is 6.07 Å². The van der Waals surface area contributed by atoms with Crippen LogP contribution in [0.5, 0.6) is 0 Å². The predicted molar refractivity (Wildman–Crippen MR) is 67.9 cm³/mol. The van der Waals surface area contributed by atoms with Crippen LogP contribution in [-0.2, 0) is 4.79 Å². The van der Waals surface area contributed by atoms with E-state index in [1.165, 1.54) is 12.3 Å². The maximum absolute atomic E-state index is 10.8. The van der Waals surface area contributed by atoms with Crippen LogP contribution in [0, 0.1) is 16.0 Å². The zero-order valence-electron chi connectivity index (χ0n) is 10.3. The normalized spacial score (nSPS) is 22.7. The summed E-state index contributed by atoms with van der Waals surface area (Å²) in [5, 5.41) is 22.6. The van der Waals surface area contributed by atoms with E-state index in [4.69, 9.17) is 5.11 Å². The van der Waals surface area contributed by atoms with Crippen LogP contribution in [0.3, 0.4) is 0 Å². The van der Waals surface area contributed by atoms with Crippen LogP contribution in [0.15, 0.2) is 18.3 Å². The number of pyridine rings is 1. The average molecular weight is 265 g/mol. The number of rotatable bonds is 4. The van der Waals surface area contributed by atoms with Crippen molar-refractivity contribution in [2.75, 3.05) is 5.32 Å². The second-order valence-electron chi connectivity index (χ2n) is 4.69. The number of hydrogen-bond donors (Lipinski definition) is 2. The third kappa shape index (κ3) is 3.40. The van der Waals surface area contributed by atoms with Gasteiger partial charge < -0.3 is 10.4 Å². The number of aliphatic carboxylic acids is 1. The van der Waals surface area contributed by atoms with E-state index >= 15 is 0 Å². The Bertz CT molecular complexity index is 466. The van der Waals surface area contributed by atoms with Gasteiger partial charge in [0.15, 0.2) is 0 Å². The van der Waals surface area contributed by atoms with Gasteiger partial charge in [0, 0.05) is 12.1 Å². The summed E-state index contributed by atoms with van der Waals surface area (Å²) in [5.74, 6) is -0.390. The molecule has 1 saturated carbocycles. The minimum absolute atomic E-state index is 0.0415. The van der Waals surface area contributed by atoms with Gasteiger partial charge in [-0.25, -0.2) is 4.98 Å². The first-order valence-electron chi connectivity index (χ1n) is 6.16. The maximum atomic E-state index is 10.8. The van der Waals surface area contributed by atoms with Crippen molar-refractivity contribution in [3.8, 4) is 0 Å². The maximum Gasteiger partial charge on any atom is 0.306 e. The summed E-state index contributed by atoms with van der Waals surface area (Å²) < 4.78 is 0. The van der Waals surface area contributed by atoms with E-state index < -0.39 is 10.9 Å². The first-order chi connectivity index (χ1) is 9.06. The number of nitrogens with one attached hydrogen (secondary N) is 1. The highest BCUT2D eigenvalue weighted by molar-refractivity contribution is 5.70. The molecule has 2 rings (SSSR count). The van der Waals surface area contributed by atoms with Crippen molar-refractivity contribution < 1.29 is 14.8 Å². The lowest BCUT2D eigenvalue weighted by Gasteiger charge is -2.27. The van der Waals surface area contributed by atoms with Crippen molar-refractivity contribution in [2.24, 2.45) is 5.92 Å². The van der Waals surface area contributed by atoms with Crippen LogP contribution in [0.2, 0.25) is 0 Å². The number of aromatic nitrogens is 1. The molecule has 1 fully saturated rings. The molecule has 0 amide bonds. The second-order valence-corrected chi connectivity index (χ2v) is 4.69. The van der Waals surface area contributed by atoms with Gasteiger partial charge in [-0.3, -0.25) is 14.9 Å². The van der Waals surface area contributed by atoms with E-state index in [1.807, 2.05) is 0 Å². The van der Waals surface area contributed by atoms with Crippen LogP contribution in [-0.4, -0.2) is 27.0 Å². The average Bonchev–Trinajstić information content (AvgIpc) is 2.40. The number of nitrogens with zero attached hydrogens (tertiary/aromatic N) is 2. The van der Waals surface area contributed by atoms with Crippen LogP contribution < -0.4 is 5.32 Å². The van der Waals surface area contributed by atoms with Crippen molar-refractivity contribution in [1.29, 1.82) is 0 Å². The first kappa shape index (κ1) is 13.3. The number of carboxylic acids is 1. The number of carboxylic acid groups (broad SMARTS) is 1. The van der Waals surface area contributed by atoms with Gasteiger partial charge in [0.05, 0.1) is 10.8 Å². The molecule has 1 heterocycles. The summed E-state index contributed by atoms with van der Waals surface area (Å²) in [6.07, 6.45) is 4.07. The molecule has 1 aromatic rings. The molecule has 0 aliphatic heterocycles. The van der Waals surface area contributed by atoms with Crippen molar-refractivity contribution in [1.82, 2.24) is 4.98 Å². The molecule has 0 atom stereocenters. The van der Waals surface area contributed by atoms with Crippen molar-refractivity contribution in [3.05, 3.63) is 28.4 Å². The van der Waals surface area contributed by atoms with E-state index in [2.05, 4.69) is 10.3 Å². The van der Waals surface area contributed by atoms with E-state index in [-0.39, 0.29) is 17.6 Å². The molecule has 0 bridgehead atoms. The van der Waals surface area contributed by atoms with Gasteiger partial charge >= 0.3 is 5.97 Å². The predicted octanol–water partition coefficient (Wildman–Crippen LogP) is 2.05. The largest absolute Gasteiger partial charge is 0.481 e. The highest BCUT2D eigenvalue weighted by Gasteiger charge is 2.25. The summed E-state index contributed by atoms with van der Waals surface area (Å²) in [7, 11) is 0. The topological polar surface area (TPSA) is 105 Å². The lowest BCUT2D eigenvalue weighted by Crippen LogP contribution is -2.29. The van der Waals surface area contributed by atoms with Gasteiger partial charge in [-0.2, -0.15) is 0 Å². The van der Waals surface area contributed by atoms with Gasteiger partial charge in [-0.1, -0.05) is 0 Å². The second kappa shape index (κ2) is 5.64. The van der Waals surface area contributed by atoms with Crippen molar-refractivity contribution >= 4 is 17.5 Å². The van der Waals surface area contributed by atoms with Gasteiger partial charge in [0.25, 0.3) is 5.69 Å². The van der Waals surface area contributed by atoms with Crippen LogP contribution in [0.1, 0.15) is 25.7 Å². The zero-order chi connectivity index (χ0) is 13.8. The highest BCUT2D eigenvalue weighted by Crippen LogP contribution is 2.26. The smallest absolute Gasteiger partial charge is 0.306 e. The molecule has 0 spiro atoms. The fourth-order valence-corrected chi connectivity index (χ4v) is 2.27. The van der Waals surface area contributed by atoms with Crippen LogP contribution in [0.25, 0.3) is 0 Å². The Kier molecular flexibility index (Phi) is 3.94. The minimum Gasteiger partial charge on any atom is -0.481 e. The molecule has 0 unspecified atom stereocenters. The molecule has 0 aromatic carbocycles. The minimum atomic E-state index is -0.730. The zero-order valence-corrected chi connectivity index (χ0v) is 10.3.